The average Bonchev–Trinajstić information content (AvgIpc) is 3.25. The van der Waals surface area contributed by atoms with E-state index in [0.717, 1.165) is 0 Å². The van der Waals surface area contributed by atoms with Gasteiger partial charge in [-0.05, 0) is 31.9 Å². The molecule has 3 heterocycles. The number of rotatable bonds is 7. The molecule has 0 aromatic carbocycles. The zero-order chi connectivity index (χ0) is 25.0. The molecule has 0 spiro atoms. The first-order valence-corrected chi connectivity index (χ1v) is 11.9. The Balaban J connectivity index is 1.65. The van der Waals surface area contributed by atoms with E-state index in [4.69, 9.17) is 34.8 Å². The van der Waals surface area contributed by atoms with Crippen molar-refractivity contribution in [2.45, 2.75) is 38.8 Å². The number of amides is 2. The van der Waals surface area contributed by atoms with Crippen LogP contribution < -0.4 is 15.5 Å². The number of anilines is 2. The minimum atomic E-state index is -0.772. The lowest BCUT2D eigenvalue weighted by Crippen LogP contribution is -2.53. The van der Waals surface area contributed by atoms with Crippen molar-refractivity contribution in [3.8, 4) is 0 Å². The number of hydrogen-bond donors (Lipinski definition) is 2. The van der Waals surface area contributed by atoms with Crippen LogP contribution in [0.3, 0.4) is 0 Å². The predicted molar refractivity (Wildman–Crippen MR) is 133 cm³/mol. The monoisotopic (exact) mass is 530 g/mol. The molecular formula is C22H26Cl3FN6O2. The Morgan fingerprint density at radius 1 is 1.35 bits per heavy atom. The van der Waals surface area contributed by atoms with E-state index >= 15 is 0 Å². The molecule has 3 rings (SSSR count). The Labute approximate surface area is 212 Å². The summed E-state index contributed by atoms with van der Waals surface area (Å²) in [5, 5.41) is 6.34. The normalized spacial score (nSPS) is 20.6. The van der Waals surface area contributed by atoms with Gasteiger partial charge in [0.1, 0.15) is 16.9 Å². The van der Waals surface area contributed by atoms with Crippen molar-refractivity contribution >= 4 is 58.4 Å². The van der Waals surface area contributed by atoms with Crippen LogP contribution in [0.15, 0.2) is 40.3 Å². The third-order valence-corrected chi connectivity index (χ3v) is 6.79. The van der Waals surface area contributed by atoms with Gasteiger partial charge in [0.25, 0.3) is 0 Å². The Kier molecular flexibility index (Phi) is 8.78. The fourth-order valence-corrected chi connectivity index (χ4v) is 4.16. The van der Waals surface area contributed by atoms with Gasteiger partial charge >= 0.3 is 0 Å². The first-order chi connectivity index (χ1) is 16.1. The van der Waals surface area contributed by atoms with E-state index in [2.05, 4.69) is 27.2 Å². The molecule has 34 heavy (non-hydrogen) atoms. The van der Waals surface area contributed by atoms with Gasteiger partial charge in [-0.1, -0.05) is 41.4 Å². The van der Waals surface area contributed by atoms with Crippen LogP contribution in [0.25, 0.3) is 0 Å². The summed E-state index contributed by atoms with van der Waals surface area (Å²) in [6.45, 7) is 8.87. The summed E-state index contributed by atoms with van der Waals surface area (Å²) in [5.41, 5.74) is 0.698. The Bertz CT molecular complexity index is 1040. The van der Waals surface area contributed by atoms with Gasteiger partial charge in [0.15, 0.2) is 5.82 Å². The van der Waals surface area contributed by atoms with Crippen LogP contribution in [0.4, 0.5) is 16.2 Å². The zero-order valence-electron chi connectivity index (χ0n) is 18.9. The van der Waals surface area contributed by atoms with Crippen LogP contribution in [-0.2, 0) is 9.59 Å². The maximum absolute atomic E-state index is 13.1. The third kappa shape index (κ3) is 6.40. The van der Waals surface area contributed by atoms with Crippen LogP contribution in [0.5, 0.6) is 0 Å². The van der Waals surface area contributed by atoms with Crippen LogP contribution in [0, 0.1) is 0 Å². The second-order valence-electron chi connectivity index (χ2n) is 8.13. The molecule has 8 nitrogen and oxygen atoms in total. The number of nitrogens with zero attached hydrogens (tertiary/aromatic N) is 4. The van der Waals surface area contributed by atoms with Crippen molar-refractivity contribution in [3.05, 3.63) is 45.3 Å². The molecule has 0 radical (unpaired) electrons. The van der Waals surface area contributed by atoms with Crippen molar-refractivity contribution in [1.29, 1.82) is 0 Å². The molecule has 184 valence electrons. The molecule has 1 unspecified atom stereocenters. The molecule has 2 saturated heterocycles. The van der Waals surface area contributed by atoms with Crippen molar-refractivity contribution in [1.82, 2.24) is 20.2 Å². The zero-order valence-corrected chi connectivity index (χ0v) is 21.1. The first-order valence-electron chi connectivity index (χ1n) is 10.8. The summed E-state index contributed by atoms with van der Waals surface area (Å²) < 4.78 is 13.1. The third-order valence-electron chi connectivity index (χ3n) is 5.79. The van der Waals surface area contributed by atoms with Gasteiger partial charge < -0.3 is 20.4 Å². The Hall–Kier alpha value is -2.36. The molecule has 2 atom stereocenters. The molecule has 2 N–H and O–H groups in total. The van der Waals surface area contributed by atoms with Crippen molar-refractivity contribution in [3.63, 3.8) is 0 Å². The number of nitrogens with one attached hydrogen (secondary N) is 2. The van der Waals surface area contributed by atoms with Gasteiger partial charge in [0.05, 0.1) is 11.2 Å². The molecule has 2 fully saturated rings. The van der Waals surface area contributed by atoms with E-state index in [0.29, 0.717) is 61.4 Å². The lowest BCUT2D eigenvalue weighted by molar-refractivity contribution is -0.134. The fraction of sp³-hybridized carbons (Fsp3) is 0.455. The molecule has 0 aliphatic carbocycles. The molecular weight excluding hydrogens is 506 g/mol. The highest BCUT2D eigenvalue weighted by atomic mass is 35.5. The van der Waals surface area contributed by atoms with Gasteiger partial charge in [0, 0.05) is 43.7 Å². The predicted octanol–water partition coefficient (Wildman–Crippen LogP) is 3.98. The summed E-state index contributed by atoms with van der Waals surface area (Å²) in [6, 6.07) is -0.726. The van der Waals surface area contributed by atoms with E-state index in [1.165, 1.54) is 12.3 Å². The molecule has 2 aliphatic heterocycles. The minimum absolute atomic E-state index is 0.0525. The smallest absolute Gasteiger partial charge is 0.245 e. The first kappa shape index (κ1) is 26.2. The standard InChI is InChI=1S/C22H26Cl3FN6O2/c1-12(15(23)10-16(24)13(2)26)14(3)28-20-17(25)11-27-22(30-20)32-8-6-31(7-9-32)21(34)18-4-5-19(33)29-18/h10-11,14,18H,2,4-9H2,1,3H3,(H,29,33)(H,27,28,30)/b15-12-,16-10+/t14?,18-/m1/s1. The second kappa shape index (κ2) is 11.4. The average molecular weight is 532 g/mol. The maximum atomic E-state index is 13.1. The highest BCUT2D eigenvalue weighted by Gasteiger charge is 2.32. The van der Waals surface area contributed by atoms with Gasteiger partial charge in [-0.25, -0.2) is 9.37 Å². The van der Waals surface area contributed by atoms with Crippen LogP contribution in [0.1, 0.15) is 26.7 Å². The quantitative estimate of drug-likeness (QED) is 0.518. The van der Waals surface area contributed by atoms with Crippen molar-refractivity contribution in [2.75, 3.05) is 36.4 Å². The molecule has 1 aromatic rings. The number of allylic oxidation sites excluding steroid dienone is 4. The Morgan fingerprint density at radius 2 is 2.03 bits per heavy atom. The van der Waals surface area contributed by atoms with Crippen molar-refractivity contribution < 1.29 is 14.0 Å². The van der Waals surface area contributed by atoms with Gasteiger partial charge in [-0.3, -0.25) is 9.59 Å². The molecule has 0 bridgehead atoms. The molecule has 0 saturated carbocycles. The fourth-order valence-electron chi connectivity index (χ4n) is 3.58. The largest absolute Gasteiger partial charge is 0.362 e. The van der Waals surface area contributed by atoms with Crippen molar-refractivity contribution in [2.24, 2.45) is 0 Å². The SMILES string of the molecule is C=C(F)/C(Cl)=C\C(Cl)=C(/C)C(C)Nc1nc(N2CCN(C(=O)[C@H]3CCC(=O)N3)CC2)ncc1Cl. The highest BCUT2D eigenvalue weighted by Crippen LogP contribution is 2.26. The number of aromatic nitrogens is 2. The summed E-state index contributed by atoms with van der Waals surface area (Å²) in [4.78, 5) is 36.6. The lowest BCUT2D eigenvalue weighted by atomic mass is 10.1. The highest BCUT2D eigenvalue weighted by molar-refractivity contribution is 6.36. The van der Waals surface area contributed by atoms with Gasteiger partial charge in [-0.2, -0.15) is 4.98 Å². The van der Waals surface area contributed by atoms with E-state index < -0.39 is 11.9 Å². The van der Waals surface area contributed by atoms with E-state index in [-0.39, 0.29) is 27.9 Å². The number of piperazine rings is 1. The minimum Gasteiger partial charge on any atom is -0.362 e. The van der Waals surface area contributed by atoms with Gasteiger partial charge in [-0.15, -0.1) is 0 Å². The number of carbonyl (C=O) groups is 2. The van der Waals surface area contributed by atoms with E-state index in [9.17, 15) is 14.0 Å². The molecule has 12 heteroatoms. The summed E-state index contributed by atoms with van der Waals surface area (Å²) >= 11 is 18.3. The summed E-state index contributed by atoms with van der Waals surface area (Å²) in [7, 11) is 0. The summed E-state index contributed by atoms with van der Waals surface area (Å²) in [5.74, 6) is -0.0149. The molecule has 2 aliphatic rings. The number of hydrogen-bond acceptors (Lipinski definition) is 6. The van der Waals surface area contributed by atoms with Gasteiger partial charge in [0.2, 0.25) is 17.8 Å². The topological polar surface area (TPSA) is 90.5 Å². The van der Waals surface area contributed by atoms with Crippen LogP contribution in [-0.4, -0.2) is 64.9 Å². The number of halogens is 4. The van der Waals surface area contributed by atoms with E-state index in [1.807, 2.05) is 11.8 Å². The maximum Gasteiger partial charge on any atom is 0.245 e. The Morgan fingerprint density at radius 3 is 2.62 bits per heavy atom. The molecule has 2 amide bonds. The second-order valence-corrected chi connectivity index (χ2v) is 9.35. The van der Waals surface area contributed by atoms with Crippen LogP contribution >= 0.6 is 34.8 Å². The number of carbonyl (C=O) groups excluding carboxylic acids is 2. The molecule has 1 aromatic heterocycles. The lowest BCUT2D eigenvalue weighted by Gasteiger charge is -2.36. The summed E-state index contributed by atoms with van der Waals surface area (Å²) in [6.07, 6.45) is 3.73. The van der Waals surface area contributed by atoms with Crippen LogP contribution in [0.2, 0.25) is 5.02 Å². The van der Waals surface area contributed by atoms with E-state index in [1.54, 1.807) is 11.8 Å².